The number of carbonyl (C=O) groups is 2. The fraction of sp³-hybridized carbons (Fsp3) is 0.500. The van der Waals surface area contributed by atoms with Crippen LogP contribution in [0.4, 0.5) is 0 Å². The first kappa shape index (κ1) is 19.1. The summed E-state index contributed by atoms with van der Waals surface area (Å²) in [6.45, 7) is 2.29. The van der Waals surface area contributed by atoms with Gasteiger partial charge in [0.25, 0.3) is 5.56 Å². The maximum atomic E-state index is 12.9. The number of nitrogens with zero attached hydrogens (tertiary/aromatic N) is 2. The van der Waals surface area contributed by atoms with Gasteiger partial charge in [-0.2, -0.15) is 0 Å². The average molecular weight is 368 g/mol. The van der Waals surface area contributed by atoms with Crippen molar-refractivity contribution in [2.75, 3.05) is 20.8 Å². The molecular weight excluding hydrogens is 348 g/mol. The van der Waals surface area contributed by atoms with Gasteiger partial charge in [0.15, 0.2) is 0 Å². The van der Waals surface area contributed by atoms with Crippen LogP contribution in [0.1, 0.15) is 33.9 Å². The molecule has 0 saturated heterocycles. The smallest absolute Gasteiger partial charge is 0.346 e. The van der Waals surface area contributed by atoms with E-state index in [-0.39, 0.29) is 22.8 Å². The van der Waals surface area contributed by atoms with Gasteiger partial charge < -0.3 is 14.6 Å². The van der Waals surface area contributed by atoms with E-state index >= 15 is 0 Å². The summed E-state index contributed by atoms with van der Waals surface area (Å²) in [6, 6.07) is 0. The van der Waals surface area contributed by atoms with Gasteiger partial charge in [0, 0.05) is 26.5 Å². The lowest BCUT2D eigenvalue weighted by molar-refractivity contribution is -0.140. The summed E-state index contributed by atoms with van der Waals surface area (Å²) in [6.07, 6.45) is 1.03. The second-order valence-corrected chi connectivity index (χ2v) is 6.45. The molecule has 0 unspecified atom stereocenters. The molecule has 2 rings (SSSR count). The summed E-state index contributed by atoms with van der Waals surface area (Å²) in [5, 5.41) is 9.59. The highest BCUT2D eigenvalue weighted by Crippen LogP contribution is 2.27. The monoisotopic (exact) mass is 368 g/mol. The van der Waals surface area contributed by atoms with Crippen molar-refractivity contribution in [1.29, 1.82) is 0 Å². The fourth-order valence-corrected chi connectivity index (χ4v) is 3.59. The van der Waals surface area contributed by atoms with Crippen molar-refractivity contribution in [3.63, 3.8) is 0 Å². The molecule has 0 saturated carbocycles. The number of carboxylic acids is 1. The van der Waals surface area contributed by atoms with Crippen molar-refractivity contribution in [3.05, 3.63) is 26.6 Å². The molecule has 0 aliphatic carbocycles. The van der Waals surface area contributed by atoms with Crippen LogP contribution in [0.5, 0.6) is 0 Å². The summed E-state index contributed by atoms with van der Waals surface area (Å²) in [4.78, 5) is 40.5. The number of fused-ring (bicyclic) bond motifs is 1. The number of methoxy groups -OCH3 is 2. The van der Waals surface area contributed by atoms with E-state index in [0.717, 1.165) is 11.3 Å². The molecule has 0 atom stereocenters. The lowest BCUT2D eigenvalue weighted by Crippen LogP contribution is -2.26. The van der Waals surface area contributed by atoms with Crippen LogP contribution in [-0.4, -0.2) is 47.4 Å². The van der Waals surface area contributed by atoms with Gasteiger partial charge >= 0.3 is 11.9 Å². The van der Waals surface area contributed by atoms with Gasteiger partial charge in [-0.1, -0.05) is 0 Å². The van der Waals surface area contributed by atoms with Crippen LogP contribution >= 0.6 is 11.3 Å². The Morgan fingerprint density at radius 2 is 2.04 bits per heavy atom. The number of carbonyl (C=O) groups excluding carboxylic acids is 1. The van der Waals surface area contributed by atoms with Crippen LogP contribution in [-0.2, 0) is 27.2 Å². The van der Waals surface area contributed by atoms with Crippen molar-refractivity contribution in [3.8, 4) is 0 Å². The summed E-state index contributed by atoms with van der Waals surface area (Å²) in [5.41, 5.74) is 0.132. The summed E-state index contributed by atoms with van der Waals surface area (Å²) in [5.74, 6) is -0.904. The Morgan fingerprint density at radius 1 is 1.32 bits per heavy atom. The van der Waals surface area contributed by atoms with E-state index in [1.165, 1.54) is 11.7 Å². The Morgan fingerprint density at radius 3 is 2.64 bits per heavy atom. The normalized spacial score (nSPS) is 11.0. The molecule has 0 aliphatic heterocycles. The van der Waals surface area contributed by atoms with Gasteiger partial charge in [0.1, 0.15) is 15.5 Å². The maximum Gasteiger partial charge on any atom is 0.346 e. The first-order chi connectivity index (χ1) is 11.9. The number of ether oxygens (including phenoxy) is 2. The lowest BCUT2D eigenvalue weighted by atomic mass is 10.2. The predicted molar refractivity (Wildman–Crippen MR) is 92.4 cm³/mol. The van der Waals surface area contributed by atoms with Crippen LogP contribution in [0.2, 0.25) is 0 Å². The molecule has 0 aromatic carbocycles. The van der Waals surface area contributed by atoms with Crippen LogP contribution in [0.15, 0.2) is 4.79 Å². The number of aromatic carboxylic acids is 1. The standard InChI is InChI=1S/C16H20N2O6S/c1-9-12-14(25-13(9)16(21)22)17-10(6-8-23-2)18(15(12)20)7-4-5-11(19)24-3/h4-8H2,1-3H3,(H,21,22). The number of aromatic nitrogens is 2. The van der Waals surface area contributed by atoms with Crippen molar-refractivity contribution in [2.45, 2.75) is 32.7 Å². The first-order valence-electron chi connectivity index (χ1n) is 7.72. The molecule has 2 aromatic rings. The molecule has 0 aliphatic rings. The number of carboxylic acid groups (broad SMARTS) is 1. The SMILES string of the molecule is COCCc1nc2sc(C(=O)O)c(C)c2c(=O)n1CCCC(=O)OC. The number of hydrogen-bond acceptors (Lipinski definition) is 7. The highest BCUT2D eigenvalue weighted by atomic mass is 32.1. The second-order valence-electron chi connectivity index (χ2n) is 5.45. The minimum atomic E-state index is -1.07. The van der Waals surface area contributed by atoms with Gasteiger partial charge in [-0.25, -0.2) is 9.78 Å². The first-order valence-corrected chi connectivity index (χ1v) is 8.54. The van der Waals surface area contributed by atoms with E-state index in [9.17, 15) is 19.5 Å². The van der Waals surface area contributed by atoms with E-state index in [0.29, 0.717) is 47.6 Å². The van der Waals surface area contributed by atoms with Gasteiger partial charge in [0.05, 0.1) is 19.1 Å². The van der Waals surface area contributed by atoms with E-state index in [1.807, 2.05) is 0 Å². The number of hydrogen-bond donors (Lipinski definition) is 1. The van der Waals surface area contributed by atoms with Gasteiger partial charge in [-0.15, -0.1) is 11.3 Å². The third-order valence-electron chi connectivity index (χ3n) is 3.84. The maximum absolute atomic E-state index is 12.9. The number of thiophene rings is 1. The molecule has 0 fully saturated rings. The number of rotatable bonds is 8. The Hall–Kier alpha value is -2.26. The summed E-state index contributed by atoms with van der Waals surface area (Å²) < 4.78 is 11.2. The van der Waals surface area contributed by atoms with Crippen molar-refractivity contribution in [2.24, 2.45) is 0 Å². The molecule has 0 amide bonds. The molecule has 25 heavy (non-hydrogen) atoms. The molecule has 2 aromatic heterocycles. The van der Waals surface area contributed by atoms with Crippen LogP contribution in [0, 0.1) is 6.92 Å². The molecular formula is C16H20N2O6S. The van der Waals surface area contributed by atoms with E-state index < -0.39 is 5.97 Å². The quantitative estimate of drug-likeness (QED) is 0.705. The molecule has 1 N–H and O–H groups in total. The Labute approximate surface area is 148 Å². The Bertz CT molecular complexity index is 854. The third kappa shape index (κ3) is 4.05. The molecule has 9 heteroatoms. The zero-order valence-corrected chi connectivity index (χ0v) is 15.1. The average Bonchev–Trinajstić information content (AvgIpc) is 2.91. The van der Waals surface area contributed by atoms with Crippen molar-refractivity contribution in [1.82, 2.24) is 9.55 Å². The second kappa shape index (κ2) is 8.21. The Kier molecular flexibility index (Phi) is 6.27. The third-order valence-corrected chi connectivity index (χ3v) is 5.02. The van der Waals surface area contributed by atoms with Crippen molar-refractivity contribution < 1.29 is 24.2 Å². The molecule has 136 valence electrons. The fourth-order valence-electron chi connectivity index (χ4n) is 2.56. The molecule has 0 spiro atoms. The number of aryl methyl sites for hydroxylation is 1. The summed E-state index contributed by atoms with van der Waals surface area (Å²) >= 11 is 0.996. The highest BCUT2D eigenvalue weighted by Gasteiger charge is 2.21. The minimum absolute atomic E-state index is 0.115. The predicted octanol–water partition coefficient (Wildman–Crippen LogP) is 1.61. The summed E-state index contributed by atoms with van der Waals surface area (Å²) in [7, 11) is 2.87. The van der Waals surface area contributed by atoms with E-state index in [4.69, 9.17) is 4.74 Å². The van der Waals surface area contributed by atoms with Crippen LogP contribution in [0.25, 0.3) is 10.2 Å². The minimum Gasteiger partial charge on any atom is -0.477 e. The zero-order valence-electron chi connectivity index (χ0n) is 14.3. The van der Waals surface area contributed by atoms with Crippen LogP contribution in [0.3, 0.4) is 0 Å². The highest BCUT2D eigenvalue weighted by molar-refractivity contribution is 7.20. The molecule has 2 heterocycles. The van der Waals surface area contributed by atoms with Crippen LogP contribution < -0.4 is 5.56 Å². The van der Waals surface area contributed by atoms with Gasteiger partial charge in [0.2, 0.25) is 0 Å². The molecule has 8 nitrogen and oxygen atoms in total. The topological polar surface area (TPSA) is 108 Å². The molecule has 0 radical (unpaired) electrons. The van der Waals surface area contributed by atoms with Crippen molar-refractivity contribution >= 4 is 33.5 Å². The van der Waals surface area contributed by atoms with E-state index in [1.54, 1.807) is 14.0 Å². The van der Waals surface area contributed by atoms with Gasteiger partial charge in [-0.3, -0.25) is 14.2 Å². The Balaban J connectivity index is 2.49. The largest absolute Gasteiger partial charge is 0.477 e. The zero-order chi connectivity index (χ0) is 18.6. The molecule has 0 bridgehead atoms. The lowest BCUT2D eigenvalue weighted by Gasteiger charge is -2.12. The van der Waals surface area contributed by atoms with E-state index in [2.05, 4.69) is 9.72 Å². The number of esters is 1. The van der Waals surface area contributed by atoms with Gasteiger partial charge in [-0.05, 0) is 18.9 Å².